The topological polar surface area (TPSA) is 59.9 Å². The summed E-state index contributed by atoms with van der Waals surface area (Å²) in [5.41, 5.74) is 14.0. The molecule has 22 heavy (non-hydrogen) atoms. The van der Waals surface area contributed by atoms with Gasteiger partial charge in [0.25, 0.3) is 0 Å². The van der Waals surface area contributed by atoms with Gasteiger partial charge in [-0.3, -0.25) is 0 Å². The van der Waals surface area contributed by atoms with Crippen LogP contribution in [0, 0.1) is 0 Å². The fraction of sp³-hybridized carbons (Fsp3) is 0.167. The number of anilines is 1. The summed E-state index contributed by atoms with van der Waals surface area (Å²) >= 11 is 0. The van der Waals surface area contributed by atoms with Gasteiger partial charge >= 0.3 is 5.71 Å². The lowest BCUT2D eigenvalue weighted by Gasteiger charge is -2.19. The summed E-state index contributed by atoms with van der Waals surface area (Å²) in [6.45, 7) is 0. The molecule has 0 heterocycles. The van der Waals surface area contributed by atoms with Gasteiger partial charge in [0, 0.05) is 19.8 Å². The van der Waals surface area contributed by atoms with Crippen molar-refractivity contribution in [1.82, 2.24) is 0 Å². The maximum Gasteiger partial charge on any atom is 0.332 e. The van der Waals surface area contributed by atoms with E-state index < -0.39 is 6.10 Å². The second-order valence-corrected chi connectivity index (χ2v) is 5.52. The third-order valence-corrected chi connectivity index (χ3v) is 3.93. The van der Waals surface area contributed by atoms with E-state index in [1.54, 1.807) is 0 Å². The number of aliphatic hydroxyl groups excluding tert-OH is 1. The third kappa shape index (κ3) is 2.35. The molecule has 0 aromatic heterocycles. The van der Waals surface area contributed by atoms with Gasteiger partial charge in [-0.15, -0.1) is 0 Å². The smallest absolute Gasteiger partial charge is 0.332 e. The summed E-state index contributed by atoms with van der Waals surface area (Å²) in [7, 11) is 3.96. The molecule has 2 aromatic carbocycles. The van der Waals surface area contributed by atoms with E-state index in [9.17, 15) is 10.6 Å². The predicted molar refractivity (Wildman–Crippen MR) is 88.7 cm³/mol. The Morgan fingerprint density at radius 3 is 2.36 bits per heavy atom. The van der Waals surface area contributed by atoms with Gasteiger partial charge < -0.3 is 15.5 Å². The Labute approximate surface area is 129 Å². The van der Waals surface area contributed by atoms with E-state index in [0.29, 0.717) is 0 Å². The molecule has 0 amide bonds. The fourth-order valence-corrected chi connectivity index (χ4v) is 2.69. The SMILES string of the molecule is CN(C)c1ccc(C2=Cc3ccccc3C(O)C2=[N+]=[N-])cc1. The van der Waals surface area contributed by atoms with Crippen LogP contribution in [0.2, 0.25) is 0 Å². The van der Waals surface area contributed by atoms with Crippen LogP contribution in [-0.2, 0) is 0 Å². The molecular weight excluding hydrogens is 274 g/mol. The maximum atomic E-state index is 10.5. The molecule has 2 aromatic rings. The van der Waals surface area contributed by atoms with Crippen LogP contribution in [-0.4, -0.2) is 29.7 Å². The van der Waals surface area contributed by atoms with Crippen molar-refractivity contribution in [3.8, 4) is 0 Å². The third-order valence-electron chi connectivity index (χ3n) is 3.93. The summed E-state index contributed by atoms with van der Waals surface area (Å²) in [6.07, 6.45) is 1.02. The van der Waals surface area contributed by atoms with Gasteiger partial charge in [0.1, 0.15) is 0 Å². The van der Waals surface area contributed by atoms with Gasteiger partial charge in [0.15, 0.2) is 6.10 Å². The summed E-state index contributed by atoms with van der Waals surface area (Å²) < 4.78 is 0. The molecule has 1 atom stereocenters. The highest BCUT2D eigenvalue weighted by molar-refractivity contribution is 6.29. The van der Waals surface area contributed by atoms with Crippen LogP contribution >= 0.6 is 0 Å². The standard InChI is InChI=1S/C18H17N3O/c1-21(2)14-9-7-12(8-10-14)16-11-13-5-3-4-6-15(13)18(22)17(16)20-19/h3-11,18,22H,1-2H3. The molecule has 4 heteroatoms. The second-order valence-electron chi connectivity index (χ2n) is 5.52. The van der Waals surface area contributed by atoms with E-state index in [2.05, 4.69) is 4.79 Å². The molecule has 1 N–H and O–H groups in total. The van der Waals surface area contributed by atoms with E-state index in [1.165, 1.54) is 0 Å². The van der Waals surface area contributed by atoms with Crippen LogP contribution in [0.3, 0.4) is 0 Å². The number of nitrogens with zero attached hydrogens (tertiary/aromatic N) is 3. The van der Waals surface area contributed by atoms with Crippen molar-refractivity contribution >= 4 is 23.0 Å². The van der Waals surface area contributed by atoms with Crippen LogP contribution in [0.15, 0.2) is 48.5 Å². The number of hydrogen-bond acceptors (Lipinski definition) is 2. The predicted octanol–water partition coefficient (Wildman–Crippen LogP) is 3.01. The molecule has 0 bridgehead atoms. The van der Waals surface area contributed by atoms with Gasteiger partial charge in [-0.25, -0.2) is 0 Å². The largest absolute Gasteiger partial charge is 0.378 e. The average molecular weight is 291 g/mol. The number of fused-ring (bicyclic) bond motifs is 1. The zero-order chi connectivity index (χ0) is 15.7. The highest BCUT2D eigenvalue weighted by Crippen LogP contribution is 2.34. The van der Waals surface area contributed by atoms with Crippen molar-refractivity contribution in [3.05, 3.63) is 70.8 Å². The molecule has 0 spiro atoms. The highest BCUT2D eigenvalue weighted by atomic mass is 16.3. The monoisotopic (exact) mass is 291 g/mol. The Hall–Kier alpha value is -2.68. The summed E-state index contributed by atoms with van der Waals surface area (Å²) in [6, 6.07) is 15.5. The first kappa shape index (κ1) is 14.3. The number of benzene rings is 2. The Kier molecular flexibility index (Phi) is 3.63. The lowest BCUT2D eigenvalue weighted by Crippen LogP contribution is -2.20. The quantitative estimate of drug-likeness (QED) is 0.683. The minimum atomic E-state index is -0.922. The zero-order valence-electron chi connectivity index (χ0n) is 12.6. The number of aliphatic hydroxyl groups is 1. The van der Waals surface area contributed by atoms with Gasteiger partial charge in [0.2, 0.25) is 0 Å². The van der Waals surface area contributed by atoms with Crippen LogP contribution in [0.4, 0.5) is 5.69 Å². The van der Waals surface area contributed by atoms with Crippen LogP contribution in [0.25, 0.3) is 17.2 Å². The molecule has 4 nitrogen and oxygen atoms in total. The lowest BCUT2D eigenvalue weighted by molar-refractivity contribution is -0.0177. The summed E-state index contributed by atoms with van der Waals surface area (Å²) in [5.74, 6) is 0. The first-order valence-corrected chi connectivity index (χ1v) is 7.10. The van der Waals surface area contributed by atoms with Gasteiger partial charge in [-0.1, -0.05) is 36.4 Å². The van der Waals surface area contributed by atoms with Crippen molar-refractivity contribution in [2.24, 2.45) is 0 Å². The molecule has 1 aliphatic carbocycles. The summed E-state index contributed by atoms with van der Waals surface area (Å²) in [5, 5.41) is 10.5. The Balaban J connectivity index is 2.12. The van der Waals surface area contributed by atoms with Gasteiger partial charge in [-0.2, -0.15) is 4.79 Å². The van der Waals surface area contributed by atoms with Crippen molar-refractivity contribution < 1.29 is 9.90 Å². The Bertz CT molecular complexity index is 784. The maximum absolute atomic E-state index is 10.5. The molecule has 1 aliphatic rings. The van der Waals surface area contributed by atoms with Crippen molar-refractivity contribution in [2.75, 3.05) is 19.0 Å². The average Bonchev–Trinajstić information content (AvgIpc) is 2.55. The zero-order valence-corrected chi connectivity index (χ0v) is 12.6. The van der Waals surface area contributed by atoms with Crippen molar-refractivity contribution in [3.63, 3.8) is 0 Å². The number of hydrogen-bond donors (Lipinski definition) is 1. The van der Waals surface area contributed by atoms with Crippen molar-refractivity contribution in [1.29, 1.82) is 0 Å². The molecule has 0 fully saturated rings. The molecule has 0 aliphatic heterocycles. The van der Waals surface area contributed by atoms with E-state index in [-0.39, 0.29) is 5.71 Å². The molecule has 0 saturated heterocycles. The van der Waals surface area contributed by atoms with E-state index in [1.807, 2.05) is 73.6 Å². The minimum absolute atomic E-state index is 0.274. The summed E-state index contributed by atoms with van der Waals surface area (Å²) in [4.78, 5) is 5.35. The molecule has 3 rings (SSSR count). The van der Waals surface area contributed by atoms with E-state index in [4.69, 9.17) is 0 Å². The van der Waals surface area contributed by atoms with Gasteiger partial charge in [-0.05, 0) is 34.9 Å². The van der Waals surface area contributed by atoms with Crippen LogP contribution in [0.5, 0.6) is 0 Å². The molecule has 0 saturated carbocycles. The highest BCUT2D eigenvalue weighted by Gasteiger charge is 2.33. The Morgan fingerprint density at radius 1 is 1.05 bits per heavy atom. The normalized spacial score (nSPS) is 16.6. The molecule has 0 radical (unpaired) electrons. The molecule has 1 unspecified atom stereocenters. The molecular formula is C18H17N3O. The first-order chi connectivity index (χ1) is 10.6. The van der Waals surface area contributed by atoms with E-state index >= 15 is 0 Å². The second kappa shape index (κ2) is 5.60. The fourth-order valence-electron chi connectivity index (χ4n) is 2.69. The van der Waals surface area contributed by atoms with Gasteiger partial charge in [0.05, 0.1) is 5.57 Å². The van der Waals surface area contributed by atoms with Crippen molar-refractivity contribution in [2.45, 2.75) is 6.10 Å². The first-order valence-electron chi connectivity index (χ1n) is 7.10. The number of rotatable bonds is 2. The van der Waals surface area contributed by atoms with Crippen LogP contribution in [0.1, 0.15) is 22.8 Å². The lowest BCUT2D eigenvalue weighted by atomic mass is 9.85. The molecule has 110 valence electrons. The minimum Gasteiger partial charge on any atom is -0.378 e. The van der Waals surface area contributed by atoms with E-state index in [0.717, 1.165) is 28.0 Å². The Morgan fingerprint density at radius 2 is 1.73 bits per heavy atom. The van der Waals surface area contributed by atoms with Crippen LogP contribution < -0.4 is 4.90 Å².